The van der Waals surface area contributed by atoms with Crippen LogP contribution in [-0.2, 0) is 0 Å². The number of rotatable bonds is 4. The van der Waals surface area contributed by atoms with Crippen LogP contribution in [0.5, 0.6) is 5.75 Å². The predicted molar refractivity (Wildman–Crippen MR) is 89.5 cm³/mol. The first kappa shape index (κ1) is 17.8. The van der Waals surface area contributed by atoms with E-state index in [0.29, 0.717) is 11.5 Å². The highest BCUT2D eigenvalue weighted by Crippen LogP contribution is 2.25. The molecule has 1 N–H and O–H groups in total. The largest absolute Gasteiger partial charge is 0.573 e. The summed E-state index contributed by atoms with van der Waals surface area (Å²) < 4.78 is 40.4. The maximum atomic E-state index is 12.2. The summed E-state index contributed by atoms with van der Waals surface area (Å²) in [5.74, 6) is 0.415. The van der Waals surface area contributed by atoms with E-state index in [9.17, 15) is 13.2 Å². The molecule has 2 rings (SSSR count). The number of halogens is 3. The van der Waals surface area contributed by atoms with Gasteiger partial charge in [-0.3, -0.25) is 0 Å². The molecule has 3 nitrogen and oxygen atoms in total. The van der Waals surface area contributed by atoms with Crippen LogP contribution in [-0.4, -0.2) is 11.3 Å². The number of pyridine rings is 1. The molecule has 0 unspecified atom stereocenters. The Balaban J connectivity index is 2.28. The van der Waals surface area contributed by atoms with Crippen LogP contribution in [0.4, 0.5) is 24.7 Å². The maximum Gasteiger partial charge on any atom is 0.573 e. The molecule has 24 heavy (non-hydrogen) atoms. The summed E-state index contributed by atoms with van der Waals surface area (Å²) in [6.45, 7) is 5.92. The van der Waals surface area contributed by atoms with Gasteiger partial charge in [0.05, 0.1) is 5.35 Å². The van der Waals surface area contributed by atoms with E-state index >= 15 is 0 Å². The minimum Gasteiger partial charge on any atom is -0.406 e. The summed E-state index contributed by atoms with van der Waals surface area (Å²) >= 11 is 0. The molecule has 1 aromatic carbocycles. The van der Waals surface area contributed by atoms with Gasteiger partial charge in [0.25, 0.3) is 0 Å². The molecule has 0 bridgehead atoms. The minimum atomic E-state index is -4.69. The van der Waals surface area contributed by atoms with Gasteiger partial charge in [-0.05, 0) is 61.4 Å². The number of hydrogen-bond donors (Lipinski definition) is 1. The second kappa shape index (κ2) is 7.38. The fourth-order valence-corrected chi connectivity index (χ4v) is 2.24. The normalized spacial score (nSPS) is 13.2. The lowest BCUT2D eigenvalue weighted by atomic mass is 10.2. The number of ether oxygens (including phenoxy) is 1. The number of aryl methyl sites for hydroxylation is 1. The SMILES string of the molecule is C/C=c1/cc(C)c(Nc2ccc(OC(F)(F)F)cc2)n/c1=C/CC. The smallest absolute Gasteiger partial charge is 0.406 e. The third-order valence-electron chi connectivity index (χ3n) is 3.33. The van der Waals surface area contributed by atoms with E-state index in [1.165, 1.54) is 24.3 Å². The molecule has 0 spiro atoms. The molecule has 128 valence electrons. The number of aromatic nitrogens is 1. The molecular weight excluding hydrogens is 317 g/mol. The van der Waals surface area contributed by atoms with Crippen molar-refractivity contribution in [2.24, 2.45) is 0 Å². The second-order valence-electron chi connectivity index (χ2n) is 5.23. The van der Waals surface area contributed by atoms with Gasteiger partial charge in [-0.15, -0.1) is 13.2 Å². The molecule has 6 heteroatoms. The highest BCUT2D eigenvalue weighted by molar-refractivity contribution is 5.60. The average molecular weight is 336 g/mol. The van der Waals surface area contributed by atoms with Gasteiger partial charge in [-0.25, -0.2) is 4.98 Å². The van der Waals surface area contributed by atoms with Crippen molar-refractivity contribution in [1.29, 1.82) is 0 Å². The predicted octanol–water partition coefficient (Wildman–Crippen LogP) is 4.02. The van der Waals surface area contributed by atoms with Gasteiger partial charge in [-0.2, -0.15) is 0 Å². The molecule has 0 aliphatic rings. The Kier molecular flexibility index (Phi) is 5.49. The zero-order valence-electron chi connectivity index (χ0n) is 13.7. The molecule has 0 fully saturated rings. The molecule has 2 aromatic rings. The van der Waals surface area contributed by atoms with Crippen LogP contribution < -0.4 is 20.6 Å². The first-order chi connectivity index (χ1) is 11.3. The lowest BCUT2D eigenvalue weighted by Gasteiger charge is -2.11. The number of alkyl halides is 3. The quantitative estimate of drug-likeness (QED) is 0.915. The van der Waals surface area contributed by atoms with E-state index in [0.717, 1.165) is 22.6 Å². The number of hydrogen-bond acceptors (Lipinski definition) is 3. The third kappa shape index (κ3) is 4.75. The minimum absolute atomic E-state index is 0.256. The Hall–Kier alpha value is -2.50. The van der Waals surface area contributed by atoms with Gasteiger partial charge in [0, 0.05) is 5.69 Å². The topological polar surface area (TPSA) is 34.1 Å². The van der Waals surface area contributed by atoms with Crippen LogP contribution in [0.2, 0.25) is 0 Å². The zero-order chi connectivity index (χ0) is 17.7. The summed E-state index contributed by atoms with van der Waals surface area (Å²) in [7, 11) is 0. The average Bonchev–Trinajstić information content (AvgIpc) is 2.51. The van der Waals surface area contributed by atoms with Crippen LogP contribution in [0.25, 0.3) is 12.2 Å². The van der Waals surface area contributed by atoms with Gasteiger partial charge in [-0.1, -0.05) is 19.1 Å². The number of nitrogens with one attached hydrogen (secondary N) is 1. The van der Waals surface area contributed by atoms with Crippen LogP contribution >= 0.6 is 0 Å². The van der Waals surface area contributed by atoms with Crippen LogP contribution in [0.1, 0.15) is 25.8 Å². The van der Waals surface area contributed by atoms with Crippen LogP contribution in [0, 0.1) is 6.92 Å². The summed E-state index contributed by atoms with van der Waals surface area (Å²) in [5, 5.41) is 5.06. The van der Waals surface area contributed by atoms with Gasteiger partial charge >= 0.3 is 6.36 Å². The molecule has 0 atom stereocenters. The van der Waals surface area contributed by atoms with E-state index in [4.69, 9.17) is 0 Å². The number of anilines is 2. The van der Waals surface area contributed by atoms with Crippen LogP contribution in [0.3, 0.4) is 0 Å². The van der Waals surface area contributed by atoms with Gasteiger partial charge in [0.15, 0.2) is 0 Å². The fourth-order valence-electron chi connectivity index (χ4n) is 2.24. The number of benzene rings is 1. The lowest BCUT2D eigenvalue weighted by molar-refractivity contribution is -0.274. The Labute approximate surface area is 138 Å². The molecule has 1 aromatic heterocycles. The Morgan fingerprint density at radius 1 is 1.21 bits per heavy atom. The van der Waals surface area contributed by atoms with E-state index in [2.05, 4.69) is 15.0 Å². The van der Waals surface area contributed by atoms with Gasteiger partial charge in [0.2, 0.25) is 0 Å². The molecule has 0 saturated carbocycles. The van der Waals surface area contributed by atoms with Crippen molar-refractivity contribution >= 4 is 23.7 Å². The maximum absolute atomic E-state index is 12.2. The van der Waals surface area contributed by atoms with Gasteiger partial charge < -0.3 is 10.1 Å². The Morgan fingerprint density at radius 2 is 1.88 bits per heavy atom. The zero-order valence-corrected chi connectivity index (χ0v) is 13.7. The Bertz CT molecular complexity index is 812. The van der Waals surface area contributed by atoms with E-state index in [1.54, 1.807) is 0 Å². The van der Waals surface area contributed by atoms with Crippen molar-refractivity contribution in [3.05, 3.63) is 46.5 Å². The standard InChI is InChI=1S/C18H19F3N2O/c1-4-6-16-13(5-2)11-12(3)17(23-16)22-14-7-9-15(10-8-14)24-18(19,20)21/h5-11H,4H2,1-3H3,(H,22,23)/b13-5-,16-6+. The molecule has 0 amide bonds. The highest BCUT2D eigenvalue weighted by atomic mass is 19.4. The summed E-state index contributed by atoms with van der Waals surface area (Å²) in [6.07, 6.45) is 0.193. The van der Waals surface area contributed by atoms with Crippen molar-refractivity contribution in [3.63, 3.8) is 0 Å². The highest BCUT2D eigenvalue weighted by Gasteiger charge is 2.30. The van der Waals surface area contributed by atoms with E-state index in [1.807, 2.05) is 39.0 Å². The van der Waals surface area contributed by atoms with Crippen molar-refractivity contribution in [1.82, 2.24) is 4.98 Å². The van der Waals surface area contributed by atoms with Gasteiger partial charge in [0.1, 0.15) is 11.6 Å². The van der Waals surface area contributed by atoms with Crippen molar-refractivity contribution in [2.75, 3.05) is 5.32 Å². The van der Waals surface area contributed by atoms with Crippen molar-refractivity contribution in [3.8, 4) is 5.75 Å². The monoisotopic (exact) mass is 336 g/mol. The number of nitrogens with zero attached hydrogens (tertiary/aromatic N) is 1. The molecule has 0 radical (unpaired) electrons. The third-order valence-corrected chi connectivity index (χ3v) is 3.33. The summed E-state index contributed by atoms with van der Waals surface area (Å²) in [4.78, 5) is 4.60. The van der Waals surface area contributed by atoms with Crippen molar-refractivity contribution < 1.29 is 17.9 Å². The van der Waals surface area contributed by atoms with E-state index in [-0.39, 0.29) is 5.75 Å². The Morgan fingerprint density at radius 3 is 2.42 bits per heavy atom. The fraction of sp³-hybridized carbons (Fsp3) is 0.278. The lowest BCUT2D eigenvalue weighted by Crippen LogP contribution is -2.29. The molecule has 1 heterocycles. The summed E-state index contributed by atoms with van der Waals surface area (Å²) in [6, 6.07) is 7.59. The first-order valence-corrected chi connectivity index (χ1v) is 7.59. The van der Waals surface area contributed by atoms with E-state index < -0.39 is 6.36 Å². The first-order valence-electron chi connectivity index (χ1n) is 7.59. The summed E-state index contributed by atoms with van der Waals surface area (Å²) in [5.41, 5.74) is 1.59. The van der Waals surface area contributed by atoms with Crippen molar-refractivity contribution in [2.45, 2.75) is 33.6 Å². The van der Waals surface area contributed by atoms with Crippen LogP contribution in [0.15, 0.2) is 30.3 Å². The molecule has 0 saturated heterocycles. The molecule has 0 aliphatic carbocycles. The second-order valence-corrected chi connectivity index (χ2v) is 5.23. The molecular formula is C18H19F3N2O. The molecule has 0 aliphatic heterocycles.